The van der Waals surface area contributed by atoms with Crippen LogP contribution in [-0.2, 0) is 11.3 Å². The summed E-state index contributed by atoms with van der Waals surface area (Å²) in [6.45, 7) is 2.96. The van der Waals surface area contributed by atoms with Gasteiger partial charge in [-0.15, -0.1) is 0 Å². The molecule has 24 heavy (non-hydrogen) atoms. The van der Waals surface area contributed by atoms with Crippen LogP contribution in [0.25, 0.3) is 0 Å². The molecule has 1 amide bonds. The Hall–Kier alpha value is -1.06. The Labute approximate surface area is 150 Å². The van der Waals surface area contributed by atoms with Gasteiger partial charge in [-0.2, -0.15) is 0 Å². The van der Waals surface area contributed by atoms with E-state index in [1.807, 2.05) is 12.1 Å². The number of benzene rings is 1. The van der Waals surface area contributed by atoms with Gasteiger partial charge in [0.2, 0.25) is 5.91 Å². The molecule has 1 saturated carbocycles. The number of likely N-dealkylation sites (tertiary alicyclic amines) is 1. The molecule has 0 atom stereocenters. The van der Waals surface area contributed by atoms with Gasteiger partial charge in [-0.25, -0.2) is 0 Å². The van der Waals surface area contributed by atoms with Crippen LogP contribution in [-0.4, -0.2) is 29.9 Å². The highest BCUT2D eigenvalue weighted by molar-refractivity contribution is 6.30. The second kappa shape index (κ2) is 8.87. The molecule has 132 valence electrons. The lowest BCUT2D eigenvalue weighted by molar-refractivity contribution is -0.127. The Kier molecular flexibility index (Phi) is 6.56. The maximum atomic E-state index is 12.5. The maximum absolute atomic E-state index is 12.5. The Balaban J connectivity index is 1.42. The summed E-state index contributed by atoms with van der Waals surface area (Å²) in [4.78, 5) is 15.0. The molecule has 2 aliphatic rings. The van der Waals surface area contributed by atoms with Gasteiger partial charge in [-0.05, 0) is 56.5 Å². The highest BCUT2D eigenvalue weighted by atomic mass is 35.5. The van der Waals surface area contributed by atoms with Crippen molar-refractivity contribution in [2.45, 2.75) is 64.0 Å². The zero-order chi connectivity index (χ0) is 16.8. The van der Waals surface area contributed by atoms with Crippen LogP contribution in [0.4, 0.5) is 0 Å². The number of nitrogens with zero attached hydrogens (tertiary/aromatic N) is 1. The molecule has 3 nitrogen and oxygen atoms in total. The highest BCUT2D eigenvalue weighted by Crippen LogP contribution is 2.22. The summed E-state index contributed by atoms with van der Waals surface area (Å²) >= 11 is 5.94. The SMILES string of the molecule is O=C(NC1CCCCCC1)C1CCN(Cc2ccc(Cl)cc2)CC1. The monoisotopic (exact) mass is 348 g/mol. The van der Waals surface area contributed by atoms with Crippen molar-refractivity contribution in [1.29, 1.82) is 0 Å². The van der Waals surface area contributed by atoms with E-state index in [1.165, 1.54) is 44.1 Å². The number of piperidine rings is 1. The molecule has 0 radical (unpaired) electrons. The first-order valence-electron chi connectivity index (χ1n) is 9.48. The van der Waals surface area contributed by atoms with Crippen molar-refractivity contribution >= 4 is 17.5 Å². The highest BCUT2D eigenvalue weighted by Gasteiger charge is 2.26. The summed E-state index contributed by atoms with van der Waals surface area (Å²) < 4.78 is 0. The van der Waals surface area contributed by atoms with Gasteiger partial charge in [0.05, 0.1) is 0 Å². The number of carbonyl (C=O) groups excluding carboxylic acids is 1. The van der Waals surface area contributed by atoms with Gasteiger partial charge in [0.15, 0.2) is 0 Å². The third-order valence-electron chi connectivity index (χ3n) is 5.48. The zero-order valence-electron chi connectivity index (χ0n) is 14.5. The molecule has 1 aromatic rings. The van der Waals surface area contributed by atoms with Crippen molar-refractivity contribution in [3.8, 4) is 0 Å². The Morgan fingerprint density at radius 2 is 1.62 bits per heavy atom. The van der Waals surface area contributed by atoms with E-state index in [-0.39, 0.29) is 5.92 Å². The van der Waals surface area contributed by atoms with Gasteiger partial charge < -0.3 is 5.32 Å². The van der Waals surface area contributed by atoms with E-state index in [0.29, 0.717) is 11.9 Å². The van der Waals surface area contributed by atoms with Crippen LogP contribution in [0.3, 0.4) is 0 Å². The molecule has 0 unspecified atom stereocenters. The topological polar surface area (TPSA) is 32.3 Å². The first-order valence-corrected chi connectivity index (χ1v) is 9.86. The summed E-state index contributed by atoms with van der Waals surface area (Å²) in [6.07, 6.45) is 9.49. The number of halogens is 1. The lowest BCUT2D eigenvalue weighted by atomic mass is 9.94. The van der Waals surface area contributed by atoms with Gasteiger partial charge >= 0.3 is 0 Å². The third-order valence-corrected chi connectivity index (χ3v) is 5.73. The number of hydrogen-bond donors (Lipinski definition) is 1. The van der Waals surface area contributed by atoms with Crippen LogP contribution < -0.4 is 5.32 Å². The molecule has 2 fully saturated rings. The first kappa shape index (κ1) is 17.8. The number of rotatable bonds is 4. The van der Waals surface area contributed by atoms with Crippen molar-refractivity contribution in [3.63, 3.8) is 0 Å². The second-order valence-electron chi connectivity index (χ2n) is 7.37. The Bertz CT molecular complexity index is 515. The van der Waals surface area contributed by atoms with Gasteiger partial charge in [-0.1, -0.05) is 49.4 Å². The van der Waals surface area contributed by atoms with Crippen molar-refractivity contribution < 1.29 is 4.79 Å². The van der Waals surface area contributed by atoms with Crippen molar-refractivity contribution in [1.82, 2.24) is 10.2 Å². The van der Waals surface area contributed by atoms with Crippen LogP contribution >= 0.6 is 11.6 Å². The first-order chi connectivity index (χ1) is 11.7. The molecular formula is C20H29ClN2O. The summed E-state index contributed by atoms with van der Waals surface area (Å²) in [6, 6.07) is 8.50. The molecule has 1 aromatic carbocycles. The summed E-state index contributed by atoms with van der Waals surface area (Å²) in [7, 11) is 0. The minimum Gasteiger partial charge on any atom is -0.353 e. The molecule has 3 rings (SSSR count). The third kappa shape index (κ3) is 5.22. The molecule has 1 aliphatic carbocycles. The van der Waals surface area contributed by atoms with Crippen molar-refractivity contribution in [2.24, 2.45) is 5.92 Å². The minimum atomic E-state index is 0.203. The van der Waals surface area contributed by atoms with Crippen molar-refractivity contribution in [3.05, 3.63) is 34.9 Å². The fourth-order valence-corrected chi connectivity index (χ4v) is 4.07. The molecule has 1 N–H and O–H groups in total. The normalized spacial score (nSPS) is 21.4. The quantitative estimate of drug-likeness (QED) is 0.818. The zero-order valence-corrected chi connectivity index (χ0v) is 15.2. The van der Waals surface area contributed by atoms with E-state index in [1.54, 1.807) is 0 Å². The smallest absolute Gasteiger partial charge is 0.223 e. The molecule has 0 spiro atoms. The van der Waals surface area contributed by atoms with E-state index in [9.17, 15) is 4.79 Å². The van der Waals surface area contributed by atoms with Gasteiger partial charge in [0.25, 0.3) is 0 Å². The van der Waals surface area contributed by atoms with Gasteiger partial charge in [-0.3, -0.25) is 9.69 Å². The fraction of sp³-hybridized carbons (Fsp3) is 0.650. The lowest BCUT2D eigenvalue weighted by Gasteiger charge is -2.32. The standard InChI is InChI=1S/C20H29ClN2O/c21-18-9-7-16(8-10-18)15-23-13-11-17(12-14-23)20(24)22-19-5-3-1-2-4-6-19/h7-10,17,19H,1-6,11-15H2,(H,22,24). The van der Waals surface area contributed by atoms with Crippen LogP contribution in [0.2, 0.25) is 5.02 Å². The number of carbonyl (C=O) groups is 1. The van der Waals surface area contributed by atoms with Crippen LogP contribution in [0.15, 0.2) is 24.3 Å². The average molecular weight is 349 g/mol. The van der Waals surface area contributed by atoms with E-state index in [2.05, 4.69) is 22.3 Å². The van der Waals surface area contributed by atoms with Crippen LogP contribution in [0.1, 0.15) is 56.9 Å². The summed E-state index contributed by atoms with van der Waals surface area (Å²) in [5, 5.41) is 4.11. The van der Waals surface area contributed by atoms with Gasteiger partial charge in [0.1, 0.15) is 0 Å². The van der Waals surface area contributed by atoms with Crippen LogP contribution in [0, 0.1) is 5.92 Å². The second-order valence-corrected chi connectivity index (χ2v) is 7.81. The van der Waals surface area contributed by atoms with Gasteiger partial charge in [0, 0.05) is 23.5 Å². The molecular weight excluding hydrogens is 320 g/mol. The van der Waals surface area contributed by atoms with E-state index >= 15 is 0 Å². The van der Waals surface area contributed by atoms with E-state index < -0.39 is 0 Å². The molecule has 1 aliphatic heterocycles. The summed E-state index contributed by atoms with van der Waals surface area (Å²) in [5.41, 5.74) is 1.29. The summed E-state index contributed by atoms with van der Waals surface area (Å²) in [5.74, 6) is 0.503. The Morgan fingerprint density at radius 1 is 1.00 bits per heavy atom. The van der Waals surface area contributed by atoms with E-state index in [4.69, 9.17) is 11.6 Å². The molecule has 1 saturated heterocycles. The minimum absolute atomic E-state index is 0.203. The Morgan fingerprint density at radius 3 is 2.25 bits per heavy atom. The predicted molar refractivity (Wildman–Crippen MR) is 99.1 cm³/mol. The van der Waals surface area contributed by atoms with E-state index in [0.717, 1.165) is 37.5 Å². The number of nitrogens with one attached hydrogen (secondary N) is 1. The molecule has 0 aromatic heterocycles. The van der Waals surface area contributed by atoms with Crippen molar-refractivity contribution in [2.75, 3.05) is 13.1 Å². The number of amides is 1. The fourth-order valence-electron chi connectivity index (χ4n) is 3.94. The average Bonchev–Trinajstić information content (AvgIpc) is 2.86. The lowest BCUT2D eigenvalue weighted by Crippen LogP contribution is -2.43. The van der Waals surface area contributed by atoms with Crippen LogP contribution in [0.5, 0.6) is 0 Å². The molecule has 4 heteroatoms. The largest absolute Gasteiger partial charge is 0.353 e. The number of hydrogen-bond acceptors (Lipinski definition) is 2. The molecule has 0 bridgehead atoms. The molecule has 1 heterocycles. The predicted octanol–water partition coefficient (Wildman–Crippen LogP) is 4.39. The maximum Gasteiger partial charge on any atom is 0.223 e.